The lowest BCUT2D eigenvalue weighted by Crippen LogP contribution is -2.08. The number of nitrogens with two attached hydrogens (primary N) is 2. The van der Waals surface area contributed by atoms with E-state index in [1.54, 1.807) is 72.8 Å². The first-order valence-electron chi connectivity index (χ1n) is 16.5. The molecule has 0 spiro atoms. The highest BCUT2D eigenvalue weighted by molar-refractivity contribution is 5.92. The van der Waals surface area contributed by atoms with Gasteiger partial charge in [0.05, 0.1) is 24.3 Å². The molecule has 0 unspecified atom stereocenters. The average Bonchev–Trinajstić information content (AvgIpc) is 3.07. The number of carbonyl (C=O) groups is 4. The van der Waals surface area contributed by atoms with Crippen LogP contribution in [0.5, 0.6) is 11.5 Å². The molecule has 0 heterocycles. The number of rotatable bonds is 20. The smallest absolute Gasteiger partial charge is 0.338 e. The molecule has 0 aliphatic carbocycles. The van der Waals surface area contributed by atoms with Crippen LogP contribution in [0.25, 0.3) is 6.08 Å². The molecule has 0 atom stereocenters. The first kappa shape index (κ1) is 37.3. The standard InChI is InChI=1S/C38H46N2O8/c1-2-3-4-9-12-35(41)47-33-18-20-34(21-19-33)48-36(42)22-15-28-13-16-29(17-14-28)37(43)45-23-10-7-5-6-8-11-24-46-38(44)30-25-31(39)27-32(40)26-30/h13-22,25-27H,2-12,23-24,39-40H2,1H3/b22-15+. The predicted molar refractivity (Wildman–Crippen MR) is 185 cm³/mol. The molecular formula is C38H46N2O8. The molecule has 0 bridgehead atoms. The number of hydrogen-bond acceptors (Lipinski definition) is 10. The van der Waals surface area contributed by atoms with Gasteiger partial charge in [-0.05, 0) is 85.5 Å². The summed E-state index contributed by atoms with van der Waals surface area (Å²) >= 11 is 0. The third-order valence-electron chi connectivity index (χ3n) is 7.28. The van der Waals surface area contributed by atoms with Crippen molar-refractivity contribution in [2.24, 2.45) is 0 Å². The van der Waals surface area contributed by atoms with Gasteiger partial charge in [-0.25, -0.2) is 14.4 Å². The number of ether oxygens (including phenoxy) is 4. The molecule has 0 saturated carbocycles. The fourth-order valence-electron chi connectivity index (χ4n) is 4.70. The maximum atomic E-state index is 12.4. The quantitative estimate of drug-likeness (QED) is 0.0405. The fourth-order valence-corrected chi connectivity index (χ4v) is 4.70. The first-order chi connectivity index (χ1) is 23.2. The zero-order valence-electron chi connectivity index (χ0n) is 27.6. The van der Waals surface area contributed by atoms with E-state index in [2.05, 4.69) is 6.92 Å². The van der Waals surface area contributed by atoms with E-state index in [1.807, 2.05) is 0 Å². The van der Waals surface area contributed by atoms with Crippen LogP contribution in [0.2, 0.25) is 0 Å². The van der Waals surface area contributed by atoms with Crippen LogP contribution in [0.15, 0.2) is 72.8 Å². The van der Waals surface area contributed by atoms with E-state index in [0.29, 0.717) is 59.2 Å². The number of unbranched alkanes of at least 4 members (excludes halogenated alkanes) is 8. The minimum atomic E-state index is -0.567. The zero-order valence-corrected chi connectivity index (χ0v) is 27.6. The predicted octanol–water partition coefficient (Wildman–Crippen LogP) is 7.70. The second-order valence-corrected chi connectivity index (χ2v) is 11.4. The molecule has 0 radical (unpaired) electrons. The van der Waals surface area contributed by atoms with Gasteiger partial charge < -0.3 is 30.4 Å². The summed E-state index contributed by atoms with van der Waals surface area (Å²) in [6.45, 7) is 2.78. The number of hydrogen-bond donors (Lipinski definition) is 2. The minimum Gasteiger partial charge on any atom is -0.462 e. The molecule has 0 saturated heterocycles. The molecule has 0 aliphatic rings. The number of carbonyl (C=O) groups excluding carboxylic acids is 4. The largest absolute Gasteiger partial charge is 0.462 e. The van der Waals surface area contributed by atoms with E-state index in [9.17, 15) is 19.2 Å². The molecule has 4 N–H and O–H groups in total. The van der Waals surface area contributed by atoms with Crippen molar-refractivity contribution in [3.8, 4) is 11.5 Å². The fraction of sp³-hybridized carbons (Fsp3) is 0.368. The zero-order chi connectivity index (χ0) is 34.6. The van der Waals surface area contributed by atoms with E-state index in [0.717, 1.165) is 64.2 Å². The Kier molecular flexibility index (Phi) is 16.3. The third-order valence-corrected chi connectivity index (χ3v) is 7.28. The van der Waals surface area contributed by atoms with Gasteiger partial charge in [-0.2, -0.15) is 0 Å². The van der Waals surface area contributed by atoms with E-state index >= 15 is 0 Å². The van der Waals surface area contributed by atoms with Gasteiger partial charge >= 0.3 is 23.9 Å². The maximum absolute atomic E-state index is 12.4. The highest BCUT2D eigenvalue weighted by Gasteiger charge is 2.10. The van der Waals surface area contributed by atoms with Gasteiger partial charge in [0, 0.05) is 23.9 Å². The molecule has 0 fully saturated rings. The SMILES string of the molecule is CCCCCCC(=O)Oc1ccc(OC(=O)/C=C/c2ccc(C(=O)OCCCCCCCCOC(=O)c3cc(N)cc(N)c3)cc2)cc1. The molecule has 0 aromatic heterocycles. The van der Waals surface area contributed by atoms with Gasteiger partial charge in [-0.15, -0.1) is 0 Å². The topological polar surface area (TPSA) is 157 Å². The Bertz CT molecular complexity index is 1480. The third kappa shape index (κ3) is 14.5. The second-order valence-electron chi connectivity index (χ2n) is 11.4. The van der Waals surface area contributed by atoms with Crippen LogP contribution < -0.4 is 20.9 Å². The van der Waals surface area contributed by atoms with Crippen molar-refractivity contribution >= 4 is 41.3 Å². The van der Waals surface area contributed by atoms with Crippen LogP contribution in [0.1, 0.15) is 104 Å². The van der Waals surface area contributed by atoms with Gasteiger partial charge in [-0.1, -0.05) is 64.0 Å². The average molecular weight is 659 g/mol. The summed E-state index contributed by atoms with van der Waals surface area (Å²) in [5.74, 6) is -0.960. The molecule has 0 amide bonds. The first-order valence-corrected chi connectivity index (χ1v) is 16.5. The summed E-state index contributed by atoms with van der Waals surface area (Å²) in [4.78, 5) is 48.7. The Hall–Kier alpha value is -5.12. The highest BCUT2D eigenvalue weighted by atomic mass is 16.5. The van der Waals surface area contributed by atoms with E-state index in [4.69, 9.17) is 30.4 Å². The Morgan fingerprint density at radius 1 is 0.604 bits per heavy atom. The van der Waals surface area contributed by atoms with Gasteiger partial charge in [-0.3, -0.25) is 4.79 Å². The molecule has 3 rings (SSSR count). The summed E-state index contributed by atoms with van der Waals surface area (Å²) in [7, 11) is 0. The minimum absolute atomic E-state index is 0.279. The Labute approximate surface area is 282 Å². The van der Waals surface area contributed by atoms with Gasteiger partial charge in [0.25, 0.3) is 0 Å². The number of anilines is 2. The van der Waals surface area contributed by atoms with Crippen molar-refractivity contribution in [3.05, 3.63) is 89.5 Å². The lowest BCUT2D eigenvalue weighted by Gasteiger charge is -2.07. The Morgan fingerprint density at radius 3 is 1.71 bits per heavy atom. The summed E-state index contributed by atoms with van der Waals surface area (Å²) in [6.07, 6.45) is 12.6. The van der Waals surface area contributed by atoms with Gasteiger partial charge in [0.15, 0.2) is 0 Å². The molecule has 48 heavy (non-hydrogen) atoms. The molecule has 3 aromatic carbocycles. The highest BCUT2D eigenvalue weighted by Crippen LogP contribution is 2.19. The van der Waals surface area contributed by atoms with Crippen LogP contribution in [-0.2, 0) is 19.1 Å². The summed E-state index contributed by atoms with van der Waals surface area (Å²) in [6, 6.07) is 17.7. The van der Waals surface area contributed by atoms with Gasteiger partial charge in [0.1, 0.15) is 11.5 Å². The van der Waals surface area contributed by atoms with Crippen molar-refractivity contribution in [1.29, 1.82) is 0 Å². The molecule has 10 nitrogen and oxygen atoms in total. The lowest BCUT2D eigenvalue weighted by molar-refractivity contribution is -0.134. The van der Waals surface area contributed by atoms with Crippen molar-refractivity contribution in [2.75, 3.05) is 24.7 Å². The molecule has 3 aromatic rings. The van der Waals surface area contributed by atoms with Crippen molar-refractivity contribution in [2.45, 2.75) is 77.6 Å². The summed E-state index contributed by atoms with van der Waals surface area (Å²) in [5, 5.41) is 0. The number of nitrogen functional groups attached to an aromatic ring is 2. The number of esters is 4. The molecular weight excluding hydrogens is 612 g/mol. The molecule has 10 heteroatoms. The Balaban J connectivity index is 1.25. The van der Waals surface area contributed by atoms with Crippen LogP contribution in [0.3, 0.4) is 0 Å². The lowest BCUT2D eigenvalue weighted by atomic mass is 10.1. The van der Waals surface area contributed by atoms with E-state index in [1.165, 1.54) is 6.08 Å². The monoisotopic (exact) mass is 658 g/mol. The van der Waals surface area contributed by atoms with E-state index in [-0.39, 0.29) is 5.97 Å². The molecule has 256 valence electrons. The van der Waals surface area contributed by atoms with Crippen LogP contribution in [0.4, 0.5) is 11.4 Å². The van der Waals surface area contributed by atoms with Crippen LogP contribution >= 0.6 is 0 Å². The van der Waals surface area contributed by atoms with Crippen molar-refractivity contribution in [3.63, 3.8) is 0 Å². The van der Waals surface area contributed by atoms with Crippen LogP contribution in [-0.4, -0.2) is 37.1 Å². The number of benzene rings is 3. The molecule has 0 aliphatic heterocycles. The summed E-state index contributed by atoms with van der Waals surface area (Å²) in [5.41, 5.74) is 13.8. The summed E-state index contributed by atoms with van der Waals surface area (Å²) < 4.78 is 21.3. The van der Waals surface area contributed by atoms with Crippen molar-refractivity contribution in [1.82, 2.24) is 0 Å². The normalized spacial score (nSPS) is 10.9. The Morgan fingerprint density at radius 2 is 1.12 bits per heavy atom. The second kappa shape index (κ2) is 20.9. The maximum Gasteiger partial charge on any atom is 0.338 e. The van der Waals surface area contributed by atoms with Crippen molar-refractivity contribution < 1.29 is 38.1 Å². The van der Waals surface area contributed by atoms with Gasteiger partial charge in [0.2, 0.25) is 0 Å². The van der Waals surface area contributed by atoms with Crippen LogP contribution in [0, 0.1) is 0 Å². The van der Waals surface area contributed by atoms with E-state index < -0.39 is 17.9 Å².